The number of nitrogens with one attached hydrogen (secondary N) is 1. The van der Waals surface area contributed by atoms with Gasteiger partial charge in [-0.2, -0.15) is 5.26 Å². The fourth-order valence-electron chi connectivity index (χ4n) is 2.57. The second kappa shape index (κ2) is 6.75. The van der Waals surface area contributed by atoms with Crippen LogP contribution in [-0.4, -0.2) is 26.2 Å². The van der Waals surface area contributed by atoms with Crippen LogP contribution >= 0.6 is 11.6 Å². The second-order valence-electron chi connectivity index (χ2n) is 5.22. The zero-order valence-corrected chi connectivity index (χ0v) is 13.0. The third kappa shape index (κ3) is 3.95. The molecule has 0 amide bonds. The van der Waals surface area contributed by atoms with Gasteiger partial charge in [0.15, 0.2) is 0 Å². The molecule has 0 aliphatic heterocycles. The summed E-state index contributed by atoms with van der Waals surface area (Å²) in [5.74, 6) is 0.157. The Bertz CT molecular complexity index is 649. The molecule has 0 unspecified atom stereocenters. The van der Waals surface area contributed by atoms with E-state index in [2.05, 4.69) is 4.72 Å². The highest BCUT2D eigenvalue weighted by molar-refractivity contribution is 7.89. The van der Waals surface area contributed by atoms with E-state index in [1.54, 1.807) is 0 Å². The molecule has 1 aliphatic carbocycles. The molecule has 114 valence electrons. The van der Waals surface area contributed by atoms with E-state index in [-0.39, 0.29) is 22.4 Å². The minimum Gasteiger partial charge on any atom is -0.391 e. The Kier molecular flexibility index (Phi) is 5.22. The van der Waals surface area contributed by atoms with Crippen molar-refractivity contribution in [2.45, 2.75) is 36.7 Å². The Morgan fingerprint density at radius 1 is 1.43 bits per heavy atom. The first-order valence-electron chi connectivity index (χ1n) is 6.81. The number of hydrogen-bond donors (Lipinski definition) is 2. The van der Waals surface area contributed by atoms with Gasteiger partial charge in [-0.3, -0.25) is 0 Å². The van der Waals surface area contributed by atoms with Crippen LogP contribution in [0.4, 0.5) is 0 Å². The molecule has 0 aromatic heterocycles. The van der Waals surface area contributed by atoms with E-state index in [0.29, 0.717) is 5.56 Å². The van der Waals surface area contributed by atoms with Crippen LogP contribution in [0.5, 0.6) is 0 Å². The summed E-state index contributed by atoms with van der Waals surface area (Å²) in [5, 5.41) is 18.8. The fraction of sp³-hybridized carbons (Fsp3) is 0.500. The summed E-state index contributed by atoms with van der Waals surface area (Å²) >= 11 is 5.90. The molecule has 1 aliphatic rings. The lowest BCUT2D eigenvalue weighted by Crippen LogP contribution is -2.35. The number of aliphatic hydroxyl groups is 1. The lowest BCUT2D eigenvalue weighted by atomic mass is 10.0. The van der Waals surface area contributed by atoms with E-state index in [9.17, 15) is 13.5 Å². The largest absolute Gasteiger partial charge is 0.391 e. The summed E-state index contributed by atoms with van der Waals surface area (Å²) in [4.78, 5) is -0.0817. The Balaban J connectivity index is 2.06. The van der Waals surface area contributed by atoms with E-state index in [4.69, 9.17) is 16.9 Å². The van der Waals surface area contributed by atoms with Gasteiger partial charge in [-0.25, -0.2) is 13.1 Å². The smallest absolute Gasteiger partial charge is 0.242 e. The zero-order valence-electron chi connectivity index (χ0n) is 11.4. The van der Waals surface area contributed by atoms with Crippen molar-refractivity contribution in [2.24, 2.45) is 5.92 Å². The number of rotatable bonds is 5. The maximum absolute atomic E-state index is 12.2. The molecule has 0 bridgehead atoms. The van der Waals surface area contributed by atoms with Crippen LogP contribution in [0, 0.1) is 17.2 Å². The van der Waals surface area contributed by atoms with Crippen molar-refractivity contribution in [3.63, 3.8) is 0 Å². The molecule has 1 atom stereocenters. The van der Waals surface area contributed by atoms with Gasteiger partial charge in [-0.15, -0.1) is 0 Å². The topological polar surface area (TPSA) is 90.2 Å². The number of halogens is 1. The average molecular weight is 329 g/mol. The maximum Gasteiger partial charge on any atom is 0.242 e. The van der Waals surface area contributed by atoms with Crippen LogP contribution in [0.3, 0.4) is 0 Å². The van der Waals surface area contributed by atoms with Gasteiger partial charge in [0.05, 0.1) is 22.8 Å². The van der Waals surface area contributed by atoms with Crippen molar-refractivity contribution < 1.29 is 13.5 Å². The average Bonchev–Trinajstić information content (AvgIpc) is 2.98. The Morgan fingerprint density at radius 2 is 2.10 bits per heavy atom. The van der Waals surface area contributed by atoms with Gasteiger partial charge in [0.2, 0.25) is 10.0 Å². The highest BCUT2D eigenvalue weighted by atomic mass is 35.5. The monoisotopic (exact) mass is 328 g/mol. The number of nitriles is 1. The molecule has 2 rings (SSSR count). The molecule has 1 saturated carbocycles. The van der Waals surface area contributed by atoms with Crippen molar-refractivity contribution in [2.75, 3.05) is 6.54 Å². The second-order valence-corrected chi connectivity index (χ2v) is 7.36. The fourth-order valence-corrected chi connectivity index (χ4v) is 4.16. The number of nitrogens with zero attached hydrogens (tertiary/aromatic N) is 1. The lowest BCUT2D eigenvalue weighted by Gasteiger charge is -2.18. The Hall–Kier alpha value is -1.13. The highest BCUT2D eigenvalue weighted by Crippen LogP contribution is 2.28. The molecule has 2 N–H and O–H groups in total. The van der Waals surface area contributed by atoms with Crippen molar-refractivity contribution >= 4 is 21.6 Å². The van der Waals surface area contributed by atoms with Crippen LogP contribution in [-0.2, 0) is 10.0 Å². The number of hydrogen-bond acceptors (Lipinski definition) is 4. The molecule has 0 radical (unpaired) electrons. The van der Waals surface area contributed by atoms with Crippen LogP contribution in [0.25, 0.3) is 0 Å². The van der Waals surface area contributed by atoms with Crippen LogP contribution in [0.15, 0.2) is 23.1 Å². The minimum atomic E-state index is -3.79. The van der Waals surface area contributed by atoms with E-state index in [1.807, 2.05) is 6.07 Å². The number of benzene rings is 1. The summed E-state index contributed by atoms with van der Waals surface area (Å²) in [5.41, 5.74) is 0.296. The molecule has 5 nitrogen and oxygen atoms in total. The van der Waals surface area contributed by atoms with Gasteiger partial charge in [-0.05, 0) is 37.0 Å². The van der Waals surface area contributed by atoms with Gasteiger partial charge >= 0.3 is 0 Å². The van der Waals surface area contributed by atoms with Gasteiger partial charge < -0.3 is 5.11 Å². The predicted molar refractivity (Wildman–Crippen MR) is 79.3 cm³/mol. The molecular weight excluding hydrogens is 312 g/mol. The Labute approximate surface area is 129 Å². The van der Waals surface area contributed by atoms with Crippen LogP contribution < -0.4 is 4.72 Å². The minimum absolute atomic E-state index is 0.00286. The van der Waals surface area contributed by atoms with Gasteiger partial charge in [0.1, 0.15) is 4.90 Å². The van der Waals surface area contributed by atoms with Crippen LogP contribution in [0.1, 0.15) is 31.2 Å². The molecule has 7 heteroatoms. The van der Waals surface area contributed by atoms with E-state index < -0.39 is 16.1 Å². The molecule has 1 aromatic rings. The van der Waals surface area contributed by atoms with Crippen molar-refractivity contribution in [1.29, 1.82) is 5.26 Å². The Morgan fingerprint density at radius 3 is 2.67 bits per heavy atom. The first-order chi connectivity index (χ1) is 9.94. The highest BCUT2D eigenvalue weighted by Gasteiger charge is 2.25. The van der Waals surface area contributed by atoms with Crippen molar-refractivity contribution in [3.05, 3.63) is 28.8 Å². The summed E-state index contributed by atoms with van der Waals surface area (Å²) in [6.45, 7) is -0.0245. The molecular formula is C14H17ClN2O3S. The normalized spacial score (nSPS) is 17.6. The SMILES string of the molecule is N#Cc1ccc(S(=O)(=O)NC[C@H](O)C2CCCC2)c(Cl)c1. The molecule has 0 heterocycles. The first-order valence-corrected chi connectivity index (χ1v) is 8.67. The van der Waals surface area contributed by atoms with Gasteiger partial charge in [-0.1, -0.05) is 24.4 Å². The first kappa shape index (κ1) is 16.2. The molecule has 0 saturated heterocycles. The summed E-state index contributed by atoms with van der Waals surface area (Å²) in [7, 11) is -3.79. The molecule has 0 spiro atoms. The quantitative estimate of drug-likeness (QED) is 0.865. The third-order valence-corrected chi connectivity index (χ3v) is 5.68. The summed E-state index contributed by atoms with van der Waals surface area (Å²) in [6, 6.07) is 5.90. The number of sulfonamides is 1. The molecule has 21 heavy (non-hydrogen) atoms. The van der Waals surface area contributed by atoms with Gasteiger partial charge in [0, 0.05) is 6.54 Å². The van der Waals surface area contributed by atoms with E-state index in [1.165, 1.54) is 18.2 Å². The summed E-state index contributed by atoms with van der Waals surface area (Å²) < 4.78 is 26.7. The zero-order chi connectivity index (χ0) is 15.5. The molecule has 1 aromatic carbocycles. The van der Waals surface area contributed by atoms with Crippen molar-refractivity contribution in [3.8, 4) is 6.07 Å². The van der Waals surface area contributed by atoms with Crippen LogP contribution in [0.2, 0.25) is 5.02 Å². The van der Waals surface area contributed by atoms with E-state index in [0.717, 1.165) is 25.7 Å². The molecule has 1 fully saturated rings. The van der Waals surface area contributed by atoms with Crippen molar-refractivity contribution in [1.82, 2.24) is 4.72 Å². The standard InChI is InChI=1S/C14H17ClN2O3S/c15-12-7-10(8-16)5-6-14(12)21(19,20)17-9-13(18)11-3-1-2-4-11/h5-7,11,13,17-18H,1-4,9H2/t13-/m0/s1. The maximum atomic E-state index is 12.2. The third-order valence-electron chi connectivity index (χ3n) is 3.78. The predicted octanol–water partition coefficient (Wildman–Crippen LogP) is 2.04. The summed E-state index contributed by atoms with van der Waals surface area (Å²) in [6.07, 6.45) is 3.34. The number of aliphatic hydroxyl groups excluding tert-OH is 1. The van der Waals surface area contributed by atoms with E-state index >= 15 is 0 Å². The van der Waals surface area contributed by atoms with Gasteiger partial charge in [0.25, 0.3) is 0 Å². The lowest BCUT2D eigenvalue weighted by molar-refractivity contribution is 0.115.